The van der Waals surface area contributed by atoms with E-state index in [4.69, 9.17) is 0 Å². The number of aromatic nitrogens is 1. The zero-order valence-electron chi connectivity index (χ0n) is 16.7. The number of benzene rings is 5. The van der Waals surface area contributed by atoms with E-state index in [1.165, 1.54) is 21.5 Å². The molecule has 2 nitrogen and oxygen atoms in total. The Balaban J connectivity index is 1.67. The van der Waals surface area contributed by atoms with Gasteiger partial charge in [-0.15, -0.1) is 0 Å². The quantitative estimate of drug-likeness (QED) is 0.323. The zero-order chi connectivity index (χ0) is 20.6. The molecule has 1 atom stereocenters. The predicted octanol–water partition coefficient (Wildman–Crippen LogP) is 6.09. The highest BCUT2D eigenvalue weighted by atomic mass is 31.2. The fourth-order valence-corrected chi connectivity index (χ4v) is 8.33. The van der Waals surface area contributed by atoms with Crippen molar-refractivity contribution >= 4 is 55.6 Å². The van der Waals surface area contributed by atoms with Gasteiger partial charge in [-0.2, -0.15) is 0 Å². The van der Waals surface area contributed by atoms with Gasteiger partial charge in [-0.1, -0.05) is 91.0 Å². The molecule has 1 aliphatic heterocycles. The molecule has 7 rings (SSSR count). The van der Waals surface area contributed by atoms with Crippen LogP contribution in [0.3, 0.4) is 0 Å². The fourth-order valence-electron chi connectivity index (χ4n) is 5.27. The van der Waals surface area contributed by atoms with Crippen molar-refractivity contribution in [3.05, 3.63) is 103 Å². The fraction of sp³-hybridized carbons (Fsp3) is 0. The molecule has 3 heteroatoms. The molecule has 0 bridgehead atoms. The van der Waals surface area contributed by atoms with Crippen LogP contribution in [0.25, 0.3) is 43.7 Å². The van der Waals surface area contributed by atoms with Gasteiger partial charge in [-0.3, -0.25) is 0 Å². The molecule has 0 saturated heterocycles. The Kier molecular flexibility index (Phi) is 3.29. The topological polar surface area (TPSA) is 32.9 Å². The van der Waals surface area contributed by atoms with E-state index in [2.05, 4.69) is 59.6 Å². The normalized spacial score (nSPS) is 17.3. The third kappa shape index (κ3) is 2.10. The van der Waals surface area contributed by atoms with Gasteiger partial charge in [0.05, 0.1) is 5.52 Å². The minimum Gasteiger partial charge on any atom is -0.354 e. The Hall–Kier alpha value is -3.61. The largest absolute Gasteiger partial charge is 0.354 e. The molecule has 1 aliphatic rings. The van der Waals surface area contributed by atoms with Crippen LogP contribution in [-0.4, -0.2) is 4.98 Å². The van der Waals surface area contributed by atoms with Crippen LogP contribution in [0.2, 0.25) is 0 Å². The average Bonchev–Trinajstić information content (AvgIpc) is 3.34. The van der Waals surface area contributed by atoms with Crippen molar-refractivity contribution in [3.8, 4) is 11.1 Å². The lowest BCUT2D eigenvalue weighted by atomic mass is 10.00. The lowest BCUT2D eigenvalue weighted by Crippen LogP contribution is -2.20. The first kappa shape index (κ1) is 17.1. The summed E-state index contributed by atoms with van der Waals surface area (Å²) in [6, 6.07) is 35.2. The van der Waals surface area contributed by atoms with Gasteiger partial charge in [-0.25, -0.2) is 0 Å². The molecule has 0 aliphatic carbocycles. The van der Waals surface area contributed by atoms with Gasteiger partial charge in [0.2, 0.25) is 0 Å². The minimum atomic E-state index is -2.92. The highest BCUT2D eigenvalue weighted by Gasteiger charge is 2.41. The Labute approximate surface area is 179 Å². The molecule has 0 spiro atoms. The monoisotopic (exact) mass is 415 g/mol. The van der Waals surface area contributed by atoms with Gasteiger partial charge in [0, 0.05) is 37.8 Å². The number of H-pyrrole nitrogens is 1. The molecule has 0 fully saturated rings. The zero-order valence-corrected chi connectivity index (χ0v) is 17.6. The summed E-state index contributed by atoms with van der Waals surface area (Å²) in [5, 5.41) is 7.64. The Morgan fingerprint density at radius 3 is 2.29 bits per heavy atom. The van der Waals surface area contributed by atoms with Gasteiger partial charge < -0.3 is 9.55 Å². The summed E-state index contributed by atoms with van der Waals surface area (Å²) in [6.45, 7) is 0. The first-order valence-corrected chi connectivity index (χ1v) is 12.2. The molecule has 1 unspecified atom stereocenters. The van der Waals surface area contributed by atoms with E-state index in [1.54, 1.807) is 0 Å². The third-order valence-electron chi connectivity index (χ3n) is 6.61. The van der Waals surface area contributed by atoms with E-state index < -0.39 is 7.14 Å². The first-order valence-electron chi connectivity index (χ1n) is 10.5. The second-order valence-electron chi connectivity index (χ2n) is 8.18. The van der Waals surface area contributed by atoms with Crippen LogP contribution in [0.15, 0.2) is 103 Å². The van der Waals surface area contributed by atoms with Gasteiger partial charge in [0.15, 0.2) is 7.14 Å². The van der Waals surface area contributed by atoms with Crippen LogP contribution in [0, 0.1) is 0 Å². The van der Waals surface area contributed by atoms with E-state index in [0.29, 0.717) is 0 Å². The summed E-state index contributed by atoms with van der Waals surface area (Å²) in [5.41, 5.74) is 4.35. The summed E-state index contributed by atoms with van der Waals surface area (Å²) in [7, 11) is -2.92. The van der Waals surface area contributed by atoms with E-state index >= 15 is 0 Å². The van der Waals surface area contributed by atoms with Gasteiger partial charge in [0.25, 0.3) is 0 Å². The second-order valence-corrected chi connectivity index (χ2v) is 10.9. The smallest absolute Gasteiger partial charge is 0.172 e. The number of aromatic amines is 1. The molecular weight excluding hydrogens is 397 g/mol. The van der Waals surface area contributed by atoms with Crippen molar-refractivity contribution in [3.63, 3.8) is 0 Å². The maximum atomic E-state index is 14.7. The highest BCUT2D eigenvalue weighted by molar-refractivity contribution is 7.86. The number of hydrogen-bond donors (Lipinski definition) is 1. The molecule has 0 amide bonds. The molecule has 5 aromatic carbocycles. The molecule has 146 valence electrons. The molecule has 1 aromatic heterocycles. The van der Waals surface area contributed by atoms with Crippen LogP contribution in [0.4, 0.5) is 0 Å². The summed E-state index contributed by atoms with van der Waals surface area (Å²) in [6.07, 6.45) is 0. The predicted molar refractivity (Wildman–Crippen MR) is 132 cm³/mol. The van der Waals surface area contributed by atoms with Crippen LogP contribution in [0.1, 0.15) is 0 Å². The Morgan fingerprint density at radius 2 is 1.39 bits per heavy atom. The van der Waals surface area contributed by atoms with Crippen LogP contribution in [-0.2, 0) is 4.57 Å². The van der Waals surface area contributed by atoms with E-state index in [9.17, 15) is 4.57 Å². The van der Waals surface area contributed by atoms with E-state index in [1.807, 2.05) is 48.5 Å². The van der Waals surface area contributed by atoms with Crippen LogP contribution < -0.4 is 15.9 Å². The van der Waals surface area contributed by atoms with Gasteiger partial charge >= 0.3 is 0 Å². The number of nitrogens with one attached hydrogen (secondary N) is 1. The van der Waals surface area contributed by atoms with Crippen molar-refractivity contribution in [1.29, 1.82) is 0 Å². The summed E-state index contributed by atoms with van der Waals surface area (Å²) in [5.74, 6) is 0. The standard InChI is InChI=1S/C28H18NOP/c30-31(19-9-2-1-3-10-19)24-13-7-6-12-21(24)27-25(31)17-15-22-26-20-11-5-4-8-18(20)14-16-23(26)29-28(22)27/h1-17,29H. The SMILES string of the molecule is O=P1(c2ccccc2)c2ccccc2-c2c1ccc1c2[nH]c2ccc3ccccc3c21. The number of fused-ring (bicyclic) bond motifs is 9. The third-order valence-corrected chi connectivity index (χ3v) is 9.76. The number of rotatable bonds is 1. The van der Waals surface area contributed by atoms with Crippen molar-refractivity contribution in [1.82, 2.24) is 4.98 Å². The summed E-state index contributed by atoms with van der Waals surface area (Å²) < 4.78 is 14.7. The van der Waals surface area contributed by atoms with Gasteiger partial charge in [-0.05, 0) is 28.5 Å². The Bertz CT molecular complexity index is 1710. The van der Waals surface area contributed by atoms with Crippen molar-refractivity contribution in [2.75, 3.05) is 0 Å². The molecule has 31 heavy (non-hydrogen) atoms. The number of hydrogen-bond acceptors (Lipinski definition) is 1. The molecule has 2 heterocycles. The van der Waals surface area contributed by atoms with E-state index in [0.717, 1.165) is 38.1 Å². The Morgan fingerprint density at radius 1 is 0.613 bits per heavy atom. The second kappa shape index (κ2) is 5.97. The molecule has 6 aromatic rings. The molecular formula is C28H18NOP. The molecule has 0 saturated carbocycles. The van der Waals surface area contributed by atoms with Crippen LogP contribution >= 0.6 is 7.14 Å². The molecule has 1 N–H and O–H groups in total. The minimum absolute atomic E-state index is 0.891. The average molecular weight is 415 g/mol. The van der Waals surface area contributed by atoms with Crippen molar-refractivity contribution in [2.24, 2.45) is 0 Å². The lowest BCUT2D eigenvalue weighted by Gasteiger charge is -2.15. The first-order chi connectivity index (χ1) is 15.3. The maximum absolute atomic E-state index is 14.7. The highest BCUT2D eigenvalue weighted by Crippen LogP contribution is 2.54. The van der Waals surface area contributed by atoms with E-state index in [-0.39, 0.29) is 0 Å². The molecule has 0 radical (unpaired) electrons. The van der Waals surface area contributed by atoms with Crippen LogP contribution in [0.5, 0.6) is 0 Å². The maximum Gasteiger partial charge on any atom is 0.172 e. The van der Waals surface area contributed by atoms with Crippen molar-refractivity contribution in [2.45, 2.75) is 0 Å². The lowest BCUT2D eigenvalue weighted by molar-refractivity contribution is 0.593. The van der Waals surface area contributed by atoms with Gasteiger partial charge in [0.1, 0.15) is 0 Å². The summed E-state index contributed by atoms with van der Waals surface area (Å²) >= 11 is 0. The summed E-state index contributed by atoms with van der Waals surface area (Å²) in [4.78, 5) is 3.68. The van der Waals surface area contributed by atoms with Crippen molar-refractivity contribution < 1.29 is 4.57 Å².